The number of aromatic nitrogens is 2. The Hall–Kier alpha value is -2.82. The summed E-state index contributed by atoms with van der Waals surface area (Å²) in [5.41, 5.74) is 3.35. The number of benzene rings is 2. The Morgan fingerprint density at radius 1 is 1.00 bits per heavy atom. The number of hydrogen-bond acceptors (Lipinski definition) is 3. The third-order valence-corrected chi connectivity index (χ3v) is 5.79. The molecule has 1 atom stereocenters. The maximum atomic E-state index is 6.54. The fourth-order valence-corrected chi connectivity index (χ4v) is 4.34. The Kier molecular flexibility index (Phi) is 4.96. The third kappa shape index (κ3) is 3.61. The summed E-state index contributed by atoms with van der Waals surface area (Å²) < 4.78 is 8.29. The van der Waals surface area contributed by atoms with Gasteiger partial charge in [0.2, 0.25) is 0 Å². The van der Waals surface area contributed by atoms with Crippen molar-refractivity contribution in [2.45, 2.75) is 18.9 Å². The first-order chi connectivity index (χ1) is 14.3. The van der Waals surface area contributed by atoms with Crippen LogP contribution < -0.4 is 10.1 Å². The van der Waals surface area contributed by atoms with Crippen LogP contribution >= 0.6 is 11.6 Å². The van der Waals surface area contributed by atoms with E-state index < -0.39 is 0 Å². The monoisotopic (exact) mass is 403 g/mol. The molecule has 3 heterocycles. The maximum absolute atomic E-state index is 6.54. The van der Waals surface area contributed by atoms with E-state index in [1.165, 1.54) is 12.8 Å². The van der Waals surface area contributed by atoms with Crippen LogP contribution in [-0.4, -0.2) is 22.6 Å². The molecule has 0 bridgehead atoms. The van der Waals surface area contributed by atoms with E-state index in [2.05, 4.69) is 39.3 Å². The average molecular weight is 404 g/mol. The predicted molar refractivity (Wildman–Crippen MR) is 118 cm³/mol. The fraction of sp³-hybridized carbons (Fsp3) is 0.208. The van der Waals surface area contributed by atoms with Crippen LogP contribution in [-0.2, 0) is 0 Å². The van der Waals surface area contributed by atoms with E-state index in [4.69, 9.17) is 16.3 Å². The van der Waals surface area contributed by atoms with Gasteiger partial charge in [0.1, 0.15) is 16.7 Å². The Labute approximate surface area is 175 Å². The molecule has 0 amide bonds. The van der Waals surface area contributed by atoms with Crippen LogP contribution in [0.15, 0.2) is 73.1 Å². The summed E-state index contributed by atoms with van der Waals surface area (Å²) in [7, 11) is 0. The molecule has 2 aromatic heterocycles. The van der Waals surface area contributed by atoms with Gasteiger partial charge in [0.25, 0.3) is 0 Å². The van der Waals surface area contributed by atoms with Gasteiger partial charge in [0, 0.05) is 35.9 Å². The number of fused-ring (bicyclic) bond motifs is 1. The molecule has 0 aliphatic carbocycles. The first kappa shape index (κ1) is 18.2. The molecule has 1 aliphatic heterocycles. The first-order valence-corrected chi connectivity index (χ1v) is 10.4. The van der Waals surface area contributed by atoms with Gasteiger partial charge in [-0.1, -0.05) is 41.9 Å². The zero-order chi connectivity index (χ0) is 19.6. The van der Waals surface area contributed by atoms with Crippen LogP contribution in [0.5, 0.6) is 11.5 Å². The highest BCUT2D eigenvalue weighted by atomic mass is 35.5. The second-order valence-electron chi connectivity index (χ2n) is 7.39. The summed E-state index contributed by atoms with van der Waals surface area (Å²) in [4.78, 5) is 4.34. The fourth-order valence-electron chi connectivity index (χ4n) is 4.08. The number of halogens is 1. The summed E-state index contributed by atoms with van der Waals surface area (Å²) in [5.74, 6) is 1.64. The number of ether oxygens (including phenoxy) is 1. The Bertz CT molecular complexity index is 1120. The minimum absolute atomic E-state index is 0.430. The molecule has 2 aromatic carbocycles. The van der Waals surface area contributed by atoms with Gasteiger partial charge >= 0.3 is 0 Å². The molecule has 5 rings (SSSR count). The molecule has 1 saturated heterocycles. The van der Waals surface area contributed by atoms with Crippen LogP contribution in [0.1, 0.15) is 18.9 Å². The summed E-state index contributed by atoms with van der Waals surface area (Å²) in [5, 5.41) is 5.06. The van der Waals surface area contributed by atoms with Crippen LogP contribution in [0.4, 0.5) is 0 Å². The van der Waals surface area contributed by atoms with E-state index in [9.17, 15) is 0 Å². The van der Waals surface area contributed by atoms with Gasteiger partial charge in [-0.2, -0.15) is 0 Å². The molecule has 146 valence electrons. The second kappa shape index (κ2) is 7.90. The predicted octanol–water partition coefficient (Wildman–Crippen LogP) is 6.07. The number of nitrogens with one attached hydrogen (secondary N) is 1. The highest BCUT2D eigenvalue weighted by molar-refractivity contribution is 6.35. The van der Waals surface area contributed by atoms with Crippen LogP contribution in [0, 0.1) is 0 Å². The number of nitrogens with zero attached hydrogens (tertiary/aromatic N) is 2. The molecule has 29 heavy (non-hydrogen) atoms. The van der Waals surface area contributed by atoms with Crippen molar-refractivity contribution in [2.24, 2.45) is 0 Å². The number of rotatable bonds is 4. The average Bonchev–Trinajstić information content (AvgIpc) is 3.17. The molecule has 4 nitrogen and oxygen atoms in total. The van der Waals surface area contributed by atoms with Crippen molar-refractivity contribution in [3.05, 3.63) is 78.2 Å². The normalized spacial score (nSPS) is 16.8. The van der Waals surface area contributed by atoms with Crippen molar-refractivity contribution in [3.63, 3.8) is 0 Å². The molecule has 1 unspecified atom stereocenters. The lowest BCUT2D eigenvalue weighted by Gasteiger charge is -2.25. The van der Waals surface area contributed by atoms with Crippen molar-refractivity contribution in [1.82, 2.24) is 14.9 Å². The van der Waals surface area contributed by atoms with E-state index in [-0.39, 0.29) is 0 Å². The summed E-state index contributed by atoms with van der Waals surface area (Å²) in [6, 6.07) is 20.5. The standard InChI is InChI=1S/C24H22ClN3O/c25-24-23-21(16-28(22(23)12-14-27-24)18-5-4-13-26-15-18)17-8-10-20(11-9-17)29-19-6-2-1-3-7-19/h1-3,6-12,14,16,18,26H,4-5,13,15H2. The minimum atomic E-state index is 0.430. The van der Waals surface area contributed by atoms with Crippen LogP contribution in [0.2, 0.25) is 5.15 Å². The topological polar surface area (TPSA) is 39.1 Å². The molecule has 1 N–H and O–H groups in total. The molecule has 1 aliphatic rings. The van der Waals surface area contributed by atoms with E-state index in [0.29, 0.717) is 11.2 Å². The lowest BCUT2D eigenvalue weighted by atomic mass is 10.1. The molecule has 4 aromatic rings. The quantitative estimate of drug-likeness (QED) is 0.420. The highest BCUT2D eigenvalue weighted by Gasteiger charge is 2.21. The molecule has 1 fully saturated rings. The molecule has 0 radical (unpaired) electrons. The van der Waals surface area contributed by atoms with Gasteiger partial charge in [-0.05, 0) is 55.3 Å². The van der Waals surface area contributed by atoms with Crippen LogP contribution in [0.3, 0.4) is 0 Å². The summed E-state index contributed by atoms with van der Waals surface area (Å²) >= 11 is 6.54. The second-order valence-corrected chi connectivity index (χ2v) is 7.74. The molecule has 5 heteroatoms. The van der Waals surface area contributed by atoms with E-state index in [1.54, 1.807) is 6.20 Å². The van der Waals surface area contributed by atoms with E-state index in [1.807, 2.05) is 42.5 Å². The van der Waals surface area contributed by atoms with Crippen molar-refractivity contribution < 1.29 is 4.74 Å². The van der Waals surface area contributed by atoms with Crippen molar-refractivity contribution in [1.29, 1.82) is 0 Å². The summed E-state index contributed by atoms with van der Waals surface area (Å²) in [6.07, 6.45) is 6.37. The number of para-hydroxylation sites is 1. The van der Waals surface area contributed by atoms with Gasteiger partial charge < -0.3 is 14.6 Å². The van der Waals surface area contributed by atoms with Crippen molar-refractivity contribution >= 4 is 22.5 Å². The van der Waals surface area contributed by atoms with E-state index in [0.717, 1.165) is 46.6 Å². The van der Waals surface area contributed by atoms with Crippen LogP contribution in [0.25, 0.3) is 22.0 Å². The molecular formula is C24H22ClN3O. The number of piperidine rings is 1. The zero-order valence-corrected chi connectivity index (χ0v) is 16.8. The Balaban J connectivity index is 1.52. The maximum Gasteiger partial charge on any atom is 0.138 e. The zero-order valence-electron chi connectivity index (χ0n) is 16.0. The largest absolute Gasteiger partial charge is 0.457 e. The minimum Gasteiger partial charge on any atom is -0.457 e. The van der Waals surface area contributed by atoms with E-state index >= 15 is 0 Å². The first-order valence-electron chi connectivity index (χ1n) is 9.99. The number of pyridine rings is 1. The highest BCUT2D eigenvalue weighted by Crippen LogP contribution is 2.37. The molecule has 0 saturated carbocycles. The Morgan fingerprint density at radius 2 is 1.79 bits per heavy atom. The lowest BCUT2D eigenvalue weighted by molar-refractivity contribution is 0.379. The van der Waals surface area contributed by atoms with Crippen molar-refractivity contribution in [3.8, 4) is 22.6 Å². The lowest BCUT2D eigenvalue weighted by Crippen LogP contribution is -2.31. The van der Waals surface area contributed by atoms with Gasteiger partial charge in [0.15, 0.2) is 0 Å². The van der Waals surface area contributed by atoms with Crippen molar-refractivity contribution in [2.75, 3.05) is 13.1 Å². The molecular weight excluding hydrogens is 382 g/mol. The SMILES string of the molecule is Clc1nccc2c1c(-c1ccc(Oc3ccccc3)cc1)cn2C1CCCNC1. The van der Waals surface area contributed by atoms with Gasteiger partial charge in [-0.25, -0.2) is 4.98 Å². The number of hydrogen-bond donors (Lipinski definition) is 1. The van der Waals surface area contributed by atoms with Gasteiger partial charge in [0.05, 0.1) is 5.52 Å². The Morgan fingerprint density at radius 3 is 2.55 bits per heavy atom. The summed E-state index contributed by atoms with van der Waals surface area (Å²) in [6.45, 7) is 2.07. The molecule has 0 spiro atoms. The smallest absolute Gasteiger partial charge is 0.138 e. The van der Waals surface area contributed by atoms with Gasteiger partial charge in [-0.3, -0.25) is 0 Å². The third-order valence-electron chi connectivity index (χ3n) is 5.51. The van der Waals surface area contributed by atoms with Gasteiger partial charge in [-0.15, -0.1) is 0 Å².